The van der Waals surface area contributed by atoms with Crippen molar-refractivity contribution in [1.29, 1.82) is 21.0 Å². The molecule has 34 heavy (non-hydrogen) atoms. The Morgan fingerprint density at radius 3 is 1.24 bits per heavy atom. The van der Waals surface area contributed by atoms with Crippen molar-refractivity contribution in [2.24, 2.45) is 11.5 Å². The molecule has 0 bridgehead atoms. The Bertz CT molecular complexity index is 640. The lowest BCUT2D eigenvalue weighted by molar-refractivity contribution is -0.929. The first-order valence-electron chi connectivity index (χ1n) is 11.9. The number of hydrogen-bond donors (Lipinski definition) is 2. The summed E-state index contributed by atoms with van der Waals surface area (Å²) in [5.41, 5.74) is 8.43. The molecule has 0 aliphatic rings. The number of nitriles is 4. The Labute approximate surface area is 204 Å². The van der Waals surface area contributed by atoms with Gasteiger partial charge in [0.1, 0.15) is 0 Å². The van der Waals surface area contributed by atoms with E-state index in [0.29, 0.717) is 0 Å². The Morgan fingerprint density at radius 1 is 0.618 bits per heavy atom. The standard InChI is InChI=1S/C16H36N.C7H6N6O4/c1-5-9-13-17(14-10-6-2,15-11-7-3)16-12-8-4;8-2-14-1-6(12,15-3-9)7(13,16-4-10)17-5-11/h5-16H2,1-4H3;1,12-13H2/q+1;. The van der Waals surface area contributed by atoms with E-state index < -0.39 is 18.2 Å². The van der Waals surface area contributed by atoms with Gasteiger partial charge in [0.2, 0.25) is 0 Å². The molecule has 11 nitrogen and oxygen atoms in total. The molecule has 0 saturated heterocycles. The summed E-state index contributed by atoms with van der Waals surface area (Å²) in [5, 5.41) is 33.3. The van der Waals surface area contributed by atoms with E-state index in [1.807, 2.05) is 0 Å². The summed E-state index contributed by atoms with van der Waals surface area (Å²) in [6.45, 7) is 14.2. The minimum atomic E-state index is -2.61. The van der Waals surface area contributed by atoms with Crippen LogP contribution in [-0.4, -0.2) is 48.9 Å². The van der Waals surface area contributed by atoms with Gasteiger partial charge in [-0.2, -0.15) is 21.0 Å². The van der Waals surface area contributed by atoms with Gasteiger partial charge in [-0.15, -0.1) is 0 Å². The van der Waals surface area contributed by atoms with Crippen LogP contribution in [0.5, 0.6) is 0 Å². The highest BCUT2D eigenvalue weighted by Gasteiger charge is 2.57. The van der Waals surface area contributed by atoms with Crippen molar-refractivity contribution < 1.29 is 23.4 Å². The monoisotopic (exact) mass is 480 g/mol. The largest absolute Gasteiger partial charge is 0.421 e. The summed E-state index contributed by atoms with van der Waals surface area (Å²) in [5.74, 6) is -2.61. The molecule has 0 radical (unpaired) electrons. The molecule has 0 saturated carbocycles. The lowest BCUT2D eigenvalue weighted by atomic mass is 10.1. The maximum absolute atomic E-state index is 8.38. The highest BCUT2D eigenvalue weighted by molar-refractivity contribution is 4.94. The number of ether oxygens (including phenoxy) is 4. The fourth-order valence-corrected chi connectivity index (χ4v) is 3.40. The Kier molecular flexibility index (Phi) is 19.1. The quantitative estimate of drug-likeness (QED) is 0.167. The molecule has 192 valence electrons. The van der Waals surface area contributed by atoms with Crippen LogP contribution < -0.4 is 11.5 Å². The molecule has 0 aliphatic heterocycles. The SMILES string of the molecule is CCCC[N+](CCCC)(CCCC)CCCC.N#COCC(N)(OC#N)C(N)(OC#N)OC#N. The van der Waals surface area contributed by atoms with Gasteiger partial charge >= 0.3 is 11.6 Å². The molecular weight excluding hydrogens is 438 g/mol. The molecule has 0 heterocycles. The summed E-state index contributed by atoms with van der Waals surface area (Å²) in [6.07, 6.45) is 15.7. The minimum Gasteiger partial charge on any atom is -0.421 e. The summed E-state index contributed by atoms with van der Waals surface area (Å²) < 4.78 is 18.5. The van der Waals surface area contributed by atoms with Gasteiger partial charge < -0.3 is 23.4 Å². The zero-order chi connectivity index (χ0) is 26.3. The number of quaternary nitrogens is 1. The molecule has 0 aromatic carbocycles. The molecule has 1 unspecified atom stereocenters. The maximum Gasteiger partial charge on any atom is 0.391 e. The highest BCUT2D eigenvalue weighted by Crippen LogP contribution is 2.22. The zero-order valence-electron chi connectivity index (χ0n) is 21.2. The molecular formula is C23H42N7O4+. The van der Waals surface area contributed by atoms with Gasteiger partial charge in [-0.3, -0.25) is 11.5 Å². The van der Waals surface area contributed by atoms with Crippen LogP contribution in [-0.2, 0) is 18.9 Å². The predicted octanol–water partition coefficient (Wildman–Crippen LogP) is 3.25. The molecule has 0 aliphatic carbocycles. The average molecular weight is 481 g/mol. The highest BCUT2D eigenvalue weighted by atomic mass is 16.7. The predicted molar refractivity (Wildman–Crippen MR) is 125 cm³/mol. The van der Waals surface area contributed by atoms with Crippen LogP contribution in [0.3, 0.4) is 0 Å². The van der Waals surface area contributed by atoms with Crippen LogP contribution in [0.2, 0.25) is 0 Å². The average Bonchev–Trinajstić information content (AvgIpc) is 2.82. The zero-order valence-corrected chi connectivity index (χ0v) is 21.2. The van der Waals surface area contributed by atoms with E-state index in [1.165, 1.54) is 94.5 Å². The van der Waals surface area contributed by atoms with Crippen molar-refractivity contribution in [2.45, 2.75) is 90.7 Å². The number of nitrogens with two attached hydrogens (primary N) is 2. The fourth-order valence-electron chi connectivity index (χ4n) is 3.40. The summed E-state index contributed by atoms with van der Waals surface area (Å²) >= 11 is 0. The summed E-state index contributed by atoms with van der Waals surface area (Å²) in [4.78, 5) is 0. The second-order valence-corrected chi connectivity index (χ2v) is 8.17. The van der Waals surface area contributed by atoms with Gasteiger partial charge in [-0.25, -0.2) is 0 Å². The van der Waals surface area contributed by atoms with Crippen LogP contribution >= 0.6 is 0 Å². The van der Waals surface area contributed by atoms with E-state index in [-0.39, 0.29) is 0 Å². The lowest BCUT2D eigenvalue weighted by Gasteiger charge is -2.39. The van der Waals surface area contributed by atoms with E-state index in [2.05, 4.69) is 46.6 Å². The van der Waals surface area contributed by atoms with Crippen LogP contribution in [0.1, 0.15) is 79.1 Å². The van der Waals surface area contributed by atoms with Crippen molar-refractivity contribution in [3.8, 4) is 25.0 Å². The molecule has 4 N–H and O–H groups in total. The van der Waals surface area contributed by atoms with Crippen molar-refractivity contribution in [3.05, 3.63) is 0 Å². The molecule has 11 heteroatoms. The first kappa shape index (κ1) is 33.2. The van der Waals surface area contributed by atoms with Crippen molar-refractivity contribution in [3.63, 3.8) is 0 Å². The smallest absolute Gasteiger partial charge is 0.391 e. The van der Waals surface area contributed by atoms with Crippen molar-refractivity contribution in [2.75, 3.05) is 32.8 Å². The van der Waals surface area contributed by atoms with Gasteiger partial charge in [0, 0.05) is 0 Å². The number of nitrogens with zero attached hydrogens (tertiary/aromatic N) is 5. The third kappa shape index (κ3) is 12.3. The van der Waals surface area contributed by atoms with E-state index in [9.17, 15) is 0 Å². The third-order valence-corrected chi connectivity index (χ3v) is 5.51. The molecule has 0 rings (SSSR count). The number of unbranched alkanes of at least 4 members (excludes halogenated alkanes) is 4. The van der Waals surface area contributed by atoms with Crippen LogP contribution in [0, 0.1) is 46.1 Å². The first-order chi connectivity index (χ1) is 16.2. The molecule has 0 spiro atoms. The Morgan fingerprint density at radius 2 is 0.971 bits per heavy atom. The van der Waals surface area contributed by atoms with Crippen molar-refractivity contribution >= 4 is 0 Å². The molecule has 0 aromatic rings. The van der Waals surface area contributed by atoms with Gasteiger partial charge in [-0.05, 0) is 25.7 Å². The van der Waals surface area contributed by atoms with Crippen molar-refractivity contribution in [1.82, 2.24) is 0 Å². The Hall–Kier alpha value is -2.96. The van der Waals surface area contributed by atoms with Crippen LogP contribution in [0.4, 0.5) is 0 Å². The normalized spacial score (nSPS) is 12.3. The molecule has 0 amide bonds. The second kappa shape index (κ2) is 19.5. The summed E-state index contributed by atoms with van der Waals surface area (Å²) in [6, 6.07) is 0. The van der Waals surface area contributed by atoms with Gasteiger partial charge in [0.05, 0.1) is 26.2 Å². The second-order valence-electron chi connectivity index (χ2n) is 8.17. The third-order valence-electron chi connectivity index (χ3n) is 5.51. The first-order valence-corrected chi connectivity index (χ1v) is 11.9. The molecule has 1 atom stereocenters. The van der Waals surface area contributed by atoms with E-state index in [1.54, 1.807) is 0 Å². The van der Waals surface area contributed by atoms with Gasteiger partial charge in [-0.1, -0.05) is 53.4 Å². The van der Waals surface area contributed by atoms with Crippen LogP contribution in [0.25, 0.3) is 0 Å². The van der Waals surface area contributed by atoms with Crippen LogP contribution in [0.15, 0.2) is 0 Å². The topological polar surface area (TPSA) is 184 Å². The number of hydrogen-bond acceptors (Lipinski definition) is 10. The molecule has 0 fully saturated rings. The van der Waals surface area contributed by atoms with E-state index in [4.69, 9.17) is 32.5 Å². The Balaban J connectivity index is 0. The van der Waals surface area contributed by atoms with Gasteiger partial charge in [0.15, 0.2) is 6.61 Å². The van der Waals surface area contributed by atoms with Gasteiger partial charge in [0.25, 0.3) is 25.0 Å². The lowest BCUT2D eigenvalue weighted by Crippen LogP contribution is -2.71. The minimum absolute atomic E-state index is 0.781. The molecule has 0 aromatic heterocycles. The number of rotatable bonds is 18. The summed E-state index contributed by atoms with van der Waals surface area (Å²) in [7, 11) is 0. The maximum atomic E-state index is 8.38. The fraction of sp³-hybridized carbons (Fsp3) is 0.826. The van der Waals surface area contributed by atoms with E-state index >= 15 is 0 Å². The van der Waals surface area contributed by atoms with E-state index in [0.717, 1.165) is 12.5 Å².